The van der Waals surface area contributed by atoms with E-state index < -0.39 is 11.8 Å². The van der Waals surface area contributed by atoms with E-state index in [1.54, 1.807) is 13.1 Å². The Kier molecular flexibility index (Phi) is 3.27. The molecule has 6 heteroatoms. The summed E-state index contributed by atoms with van der Waals surface area (Å²) in [6, 6.07) is 3.66. The van der Waals surface area contributed by atoms with Crippen molar-refractivity contribution in [3.63, 3.8) is 0 Å². The van der Waals surface area contributed by atoms with Gasteiger partial charge in [0.25, 0.3) is 0 Å². The van der Waals surface area contributed by atoms with Gasteiger partial charge in [0.1, 0.15) is 11.6 Å². The average Bonchev–Trinajstić information content (AvgIpc) is 2.73. The number of aromatic nitrogens is 1. The Hall–Kier alpha value is -2.37. The van der Waals surface area contributed by atoms with Crippen molar-refractivity contribution in [3.05, 3.63) is 47.4 Å². The van der Waals surface area contributed by atoms with E-state index in [-0.39, 0.29) is 17.8 Å². The Morgan fingerprint density at radius 3 is 2.89 bits per heavy atom. The summed E-state index contributed by atoms with van der Waals surface area (Å²) in [5.74, 6) is -0.676. The summed E-state index contributed by atoms with van der Waals surface area (Å²) in [6.07, 6.45) is 1.57. The van der Waals surface area contributed by atoms with Crippen LogP contribution >= 0.6 is 0 Å². The number of nitrogens with one attached hydrogen (secondary N) is 1. The molecule has 0 saturated carbocycles. The monoisotopic (exact) mass is 250 g/mol. The number of rotatable bonds is 4. The van der Waals surface area contributed by atoms with Crippen molar-refractivity contribution in [2.24, 2.45) is 0 Å². The van der Waals surface area contributed by atoms with Gasteiger partial charge in [-0.2, -0.15) is 0 Å². The van der Waals surface area contributed by atoms with Gasteiger partial charge in [-0.1, -0.05) is 0 Å². The first kappa shape index (κ1) is 12.1. The molecule has 0 radical (unpaired) electrons. The number of nitrogens with zero attached hydrogens (tertiary/aromatic N) is 1. The lowest BCUT2D eigenvalue weighted by atomic mass is 10.2. The minimum Gasteiger partial charge on any atom is -0.478 e. The van der Waals surface area contributed by atoms with Crippen LogP contribution in [-0.4, -0.2) is 16.1 Å². The minimum absolute atomic E-state index is 0.0926. The molecule has 2 aromatic rings. The fourth-order valence-electron chi connectivity index (χ4n) is 1.45. The molecule has 0 fully saturated rings. The molecule has 0 bridgehead atoms. The standard InChI is InChI=1S/C12H11FN2O3/c1-7-5-15-11(18-7)6-14-10-3-2-8(12(16)17)4-9(10)13/h2-5,14H,6H2,1H3,(H,16,17). The second-order valence-corrected chi connectivity index (χ2v) is 3.72. The van der Waals surface area contributed by atoms with Crippen molar-refractivity contribution < 1.29 is 18.7 Å². The summed E-state index contributed by atoms with van der Waals surface area (Å²) in [7, 11) is 0. The molecule has 0 aliphatic rings. The smallest absolute Gasteiger partial charge is 0.335 e. The number of aryl methyl sites for hydroxylation is 1. The topological polar surface area (TPSA) is 75.4 Å². The van der Waals surface area contributed by atoms with Crippen LogP contribution in [0, 0.1) is 12.7 Å². The lowest BCUT2D eigenvalue weighted by Gasteiger charge is -2.05. The highest BCUT2D eigenvalue weighted by molar-refractivity contribution is 5.88. The van der Waals surface area contributed by atoms with E-state index >= 15 is 0 Å². The lowest BCUT2D eigenvalue weighted by molar-refractivity contribution is 0.0696. The van der Waals surface area contributed by atoms with Crippen LogP contribution in [0.3, 0.4) is 0 Å². The van der Waals surface area contributed by atoms with Gasteiger partial charge in [0.05, 0.1) is 24.0 Å². The number of halogens is 1. The summed E-state index contributed by atoms with van der Waals surface area (Å²) in [4.78, 5) is 14.6. The highest BCUT2D eigenvalue weighted by atomic mass is 19.1. The number of carboxylic acid groups (broad SMARTS) is 1. The van der Waals surface area contributed by atoms with Gasteiger partial charge in [0, 0.05) is 0 Å². The molecule has 0 aliphatic carbocycles. The van der Waals surface area contributed by atoms with Gasteiger partial charge in [-0.05, 0) is 25.1 Å². The average molecular weight is 250 g/mol. The lowest BCUT2D eigenvalue weighted by Crippen LogP contribution is -2.03. The molecule has 1 heterocycles. The van der Waals surface area contributed by atoms with Crippen LogP contribution in [-0.2, 0) is 6.54 Å². The van der Waals surface area contributed by atoms with E-state index in [9.17, 15) is 9.18 Å². The van der Waals surface area contributed by atoms with Gasteiger partial charge in [-0.3, -0.25) is 0 Å². The van der Waals surface area contributed by atoms with Gasteiger partial charge in [-0.25, -0.2) is 14.2 Å². The third-order valence-electron chi connectivity index (χ3n) is 2.32. The maximum absolute atomic E-state index is 13.5. The number of carboxylic acids is 1. The zero-order valence-corrected chi connectivity index (χ0v) is 9.61. The molecular formula is C12H11FN2O3. The van der Waals surface area contributed by atoms with Crippen LogP contribution < -0.4 is 5.32 Å². The molecule has 0 spiro atoms. The van der Waals surface area contributed by atoms with Crippen LogP contribution in [0.25, 0.3) is 0 Å². The van der Waals surface area contributed by atoms with Crippen molar-refractivity contribution in [2.75, 3.05) is 5.32 Å². The maximum Gasteiger partial charge on any atom is 0.335 e. The minimum atomic E-state index is -1.16. The van der Waals surface area contributed by atoms with E-state index in [1.165, 1.54) is 12.1 Å². The third kappa shape index (κ3) is 2.65. The van der Waals surface area contributed by atoms with Crippen LogP contribution in [0.5, 0.6) is 0 Å². The van der Waals surface area contributed by atoms with Gasteiger partial charge in [0.15, 0.2) is 0 Å². The second kappa shape index (κ2) is 4.87. The van der Waals surface area contributed by atoms with Crippen molar-refractivity contribution in [1.29, 1.82) is 0 Å². The largest absolute Gasteiger partial charge is 0.478 e. The van der Waals surface area contributed by atoms with E-state index in [4.69, 9.17) is 9.52 Å². The molecule has 0 saturated heterocycles. The van der Waals surface area contributed by atoms with Crippen molar-refractivity contribution in [3.8, 4) is 0 Å². The molecule has 5 nitrogen and oxygen atoms in total. The molecule has 0 amide bonds. The van der Waals surface area contributed by atoms with Gasteiger partial charge in [0.2, 0.25) is 5.89 Å². The zero-order chi connectivity index (χ0) is 13.1. The number of hydrogen-bond acceptors (Lipinski definition) is 4. The molecular weight excluding hydrogens is 239 g/mol. The van der Waals surface area contributed by atoms with E-state index in [1.807, 2.05) is 0 Å². The quantitative estimate of drug-likeness (QED) is 0.871. The van der Waals surface area contributed by atoms with Crippen LogP contribution in [0.2, 0.25) is 0 Å². The Balaban J connectivity index is 2.08. The normalized spacial score (nSPS) is 10.3. The molecule has 0 atom stereocenters. The number of oxazole rings is 1. The first-order valence-corrected chi connectivity index (χ1v) is 5.24. The van der Waals surface area contributed by atoms with Gasteiger partial charge >= 0.3 is 5.97 Å². The zero-order valence-electron chi connectivity index (χ0n) is 9.61. The molecule has 18 heavy (non-hydrogen) atoms. The predicted molar refractivity (Wildman–Crippen MR) is 61.9 cm³/mol. The number of hydrogen-bond donors (Lipinski definition) is 2. The number of aromatic carboxylic acids is 1. The first-order valence-electron chi connectivity index (χ1n) is 5.24. The number of anilines is 1. The molecule has 1 aromatic carbocycles. The fraction of sp³-hybridized carbons (Fsp3) is 0.167. The Bertz CT molecular complexity index is 580. The SMILES string of the molecule is Cc1cnc(CNc2ccc(C(=O)O)cc2F)o1. The summed E-state index contributed by atoms with van der Waals surface area (Å²) in [6.45, 7) is 2.00. The highest BCUT2D eigenvalue weighted by Gasteiger charge is 2.08. The Morgan fingerprint density at radius 1 is 1.56 bits per heavy atom. The Labute approximate surface area is 102 Å². The molecule has 0 aliphatic heterocycles. The summed E-state index contributed by atoms with van der Waals surface area (Å²) < 4.78 is 18.8. The molecule has 1 aromatic heterocycles. The summed E-state index contributed by atoms with van der Waals surface area (Å²) >= 11 is 0. The fourth-order valence-corrected chi connectivity index (χ4v) is 1.45. The molecule has 94 valence electrons. The third-order valence-corrected chi connectivity index (χ3v) is 2.32. The summed E-state index contributed by atoms with van der Waals surface area (Å²) in [5.41, 5.74) is 0.112. The van der Waals surface area contributed by atoms with E-state index in [0.29, 0.717) is 11.7 Å². The number of benzene rings is 1. The van der Waals surface area contributed by atoms with Gasteiger partial charge in [-0.15, -0.1) is 0 Å². The second-order valence-electron chi connectivity index (χ2n) is 3.72. The van der Waals surface area contributed by atoms with Crippen molar-refractivity contribution >= 4 is 11.7 Å². The van der Waals surface area contributed by atoms with E-state index in [0.717, 1.165) is 6.07 Å². The van der Waals surface area contributed by atoms with Crippen molar-refractivity contribution in [1.82, 2.24) is 4.98 Å². The van der Waals surface area contributed by atoms with Crippen LogP contribution in [0.4, 0.5) is 10.1 Å². The number of carbonyl (C=O) groups is 1. The molecule has 0 unspecified atom stereocenters. The summed E-state index contributed by atoms with van der Waals surface area (Å²) in [5, 5.41) is 11.5. The van der Waals surface area contributed by atoms with Crippen LogP contribution in [0.1, 0.15) is 22.0 Å². The maximum atomic E-state index is 13.5. The predicted octanol–water partition coefficient (Wildman–Crippen LogP) is 2.43. The van der Waals surface area contributed by atoms with Crippen LogP contribution in [0.15, 0.2) is 28.8 Å². The first-order chi connectivity index (χ1) is 8.56. The van der Waals surface area contributed by atoms with Gasteiger partial charge < -0.3 is 14.8 Å². The molecule has 2 rings (SSSR count). The molecule has 2 N–H and O–H groups in total. The van der Waals surface area contributed by atoms with E-state index in [2.05, 4.69) is 10.3 Å². The van der Waals surface area contributed by atoms with Crippen molar-refractivity contribution in [2.45, 2.75) is 13.5 Å². The Morgan fingerprint density at radius 2 is 2.33 bits per heavy atom. The highest BCUT2D eigenvalue weighted by Crippen LogP contribution is 2.16.